The third kappa shape index (κ3) is 4.59. The lowest BCUT2D eigenvalue weighted by molar-refractivity contribution is -0.145. The zero-order valence-electron chi connectivity index (χ0n) is 13.3. The van der Waals surface area contributed by atoms with Crippen LogP contribution in [0.5, 0.6) is 0 Å². The third-order valence-corrected chi connectivity index (χ3v) is 4.77. The first-order valence-electron chi connectivity index (χ1n) is 8.48. The second-order valence-corrected chi connectivity index (χ2v) is 6.36. The molecular weight excluding hydrogens is 260 g/mol. The Morgan fingerprint density at radius 2 is 1.81 bits per heavy atom. The quantitative estimate of drug-likeness (QED) is 0.480. The second-order valence-electron chi connectivity index (χ2n) is 6.36. The standard InChI is InChI=1S/C19H28O2/c1-2-3-4-5-6-9-13-19(21-16-20)14-12-17-10-7-8-11-18(17)15-19/h7-8,10-11,16H,2-6,9,12-15H2,1H3. The Balaban J connectivity index is 1.88. The number of carbonyl (C=O) groups excluding carboxylic acids is 1. The highest BCUT2D eigenvalue weighted by molar-refractivity contribution is 5.40. The van der Waals surface area contributed by atoms with E-state index < -0.39 is 0 Å². The van der Waals surface area contributed by atoms with Gasteiger partial charge in [-0.3, -0.25) is 4.79 Å². The molecule has 0 amide bonds. The van der Waals surface area contributed by atoms with Gasteiger partial charge in [-0.1, -0.05) is 63.3 Å². The molecule has 1 atom stereocenters. The van der Waals surface area contributed by atoms with E-state index in [2.05, 4.69) is 31.2 Å². The van der Waals surface area contributed by atoms with E-state index >= 15 is 0 Å². The van der Waals surface area contributed by atoms with Gasteiger partial charge in [-0.25, -0.2) is 0 Å². The molecule has 21 heavy (non-hydrogen) atoms. The fourth-order valence-electron chi connectivity index (χ4n) is 3.47. The molecule has 2 rings (SSSR count). The number of aryl methyl sites for hydroxylation is 1. The summed E-state index contributed by atoms with van der Waals surface area (Å²) in [6, 6.07) is 8.56. The van der Waals surface area contributed by atoms with Crippen molar-refractivity contribution < 1.29 is 9.53 Å². The maximum Gasteiger partial charge on any atom is 0.293 e. The lowest BCUT2D eigenvalue weighted by Crippen LogP contribution is -2.38. The summed E-state index contributed by atoms with van der Waals surface area (Å²) in [4.78, 5) is 10.9. The molecule has 0 fully saturated rings. The summed E-state index contributed by atoms with van der Waals surface area (Å²) in [7, 11) is 0. The van der Waals surface area contributed by atoms with Gasteiger partial charge in [-0.15, -0.1) is 0 Å². The van der Waals surface area contributed by atoms with Crippen LogP contribution in [0.3, 0.4) is 0 Å². The summed E-state index contributed by atoms with van der Waals surface area (Å²) in [5.74, 6) is 0. The molecule has 0 bridgehead atoms. The van der Waals surface area contributed by atoms with Gasteiger partial charge in [0.1, 0.15) is 5.60 Å². The Morgan fingerprint density at radius 1 is 1.10 bits per heavy atom. The highest BCUT2D eigenvalue weighted by Crippen LogP contribution is 2.35. The molecule has 1 aliphatic rings. The van der Waals surface area contributed by atoms with Crippen LogP contribution in [0.15, 0.2) is 24.3 Å². The van der Waals surface area contributed by atoms with E-state index in [1.54, 1.807) is 0 Å². The zero-order valence-corrected chi connectivity index (χ0v) is 13.3. The number of fused-ring (bicyclic) bond motifs is 1. The van der Waals surface area contributed by atoms with E-state index in [-0.39, 0.29) is 5.60 Å². The van der Waals surface area contributed by atoms with Gasteiger partial charge in [0, 0.05) is 6.42 Å². The van der Waals surface area contributed by atoms with Gasteiger partial charge in [0.25, 0.3) is 6.47 Å². The van der Waals surface area contributed by atoms with Gasteiger partial charge in [0.05, 0.1) is 0 Å². The molecule has 1 unspecified atom stereocenters. The monoisotopic (exact) mass is 288 g/mol. The number of unbranched alkanes of at least 4 members (excludes halogenated alkanes) is 5. The predicted molar refractivity (Wildman–Crippen MR) is 86.3 cm³/mol. The molecular formula is C19H28O2. The average molecular weight is 288 g/mol. The Morgan fingerprint density at radius 3 is 2.57 bits per heavy atom. The van der Waals surface area contributed by atoms with Crippen molar-refractivity contribution in [1.82, 2.24) is 0 Å². The van der Waals surface area contributed by atoms with Gasteiger partial charge in [-0.2, -0.15) is 0 Å². The predicted octanol–water partition coefficient (Wildman–Crippen LogP) is 4.84. The molecule has 0 radical (unpaired) electrons. The smallest absolute Gasteiger partial charge is 0.293 e. The Kier molecular flexibility index (Phi) is 6.28. The SMILES string of the molecule is CCCCCCCCC1(OC=O)CCc2ccccc2C1. The highest BCUT2D eigenvalue weighted by Gasteiger charge is 2.35. The first kappa shape index (κ1) is 16.1. The summed E-state index contributed by atoms with van der Waals surface area (Å²) in [5.41, 5.74) is 2.53. The van der Waals surface area contributed by atoms with Crippen molar-refractivity contribution in [1.29, 1.82) is 0 Å². The van der Waals surface area contributed by atoms with Gasteiger partial charge >= 0.3 is 0 Å². The molecule has 0 saturated heterocycles. The topological polar surface area (TPSA) is 26.3 Å². The van der Waals surface area contributed by atoms with E-state index in [9.17, 15) is 4.79 Å². The molecule has 1 aliphatic carbocycles. The molecule has 0 spiro atoms. The van der Waals surface area contributed by atoms with Crippen LogP contribution >= 0.6 is 0 Å². The van der Waals surface area contributed by atoms with Crippen LogP contribution in [0.1, 0.15) is 69.4 Å². The highest BCUT2D eigenvalue weighted by atomic mass is 16.5. The second kappa shape index (κ2) is 8.21. The van der Waals surface area contributed by atoms with E-state index in [0.29, 0.717) is 6.47 Å². The number of ether oxygens (including phenoxy) is 1. The first-order valence-corrected chi connectivity index (χ1v) is 8.48. The summed E-state index contributed by atoms with van der Waals surface area (Å²) < 4.78 is 5.57. The molecule has 2 nitrogen and oxygen atoms in total. The first-order chi connectivity index (χ1) is 10.3. The van der Waals surface area contributed by atoms with Crippen LogP contribution in [0, 0.1) is 0 Å². The fourth-order valence-corrected chi connectivity index (χ4v) is 3.47. The molecule has 0 saturated carbocycles. The van der Waals surface area contributed by atoms with Crippen molar-refractivity contribution in [3.05, 3.63) is 35.4 Å². The van der Waals surface area contributed by atoms with Crippen LogP contribution in [0.4, 0.5) is 0 Å². The van der Waals surface area contributed by atoms with Crippen LogP contribution in [0.25, 0.3) is 0 Å². The summed E-state index contributed by atoms with van der Waals surface area (Å²) in [6.45, 7) is 2.90. The third-order valence-electron chi connectivity index (χ3n) is 4.77. The average Bonchev–Trinajstić information content (AvgIpc) is 2.51. The zero-order chi connectivity index (χ0) is 15.0. The van der Waals surface area contributed by atoms with Crippen LogP contribution < -0.4 is 0 Å². The van der Waals surface area contributed by atoms with Crippen molar-refractivity contribution in [2.75, 3.05) is 0 Å². The summed E-state index contributed by atoms with van der Waals surface area (Å²) in [5, 5.41) is 0. The lowest BCUT2D eigenvalue weighted by atomic mass is 9.77. The van der Waals surface area contributed by atoms with E-state index in [1.807, 2.05) is 0 Å². The molecule has 0 heterocycles. The van der Waals surface area contributed by atoms with Crippen molar-refractivity contribution >= 4 is 6.47 Å². The molecule has 1 aromatic rings. The minimum Gasteiger partial charge on any atom is -0.461 e. The van der Waals surface area contributed by atoms with Crippen molar-refractivity contribution in [3.63, 3.8) is 0 Å². The van der Waals surface area contributed by atoms with Crippen molar-refractivity contribution in [2.24, 2.45) is 0 Å². The molecule has 2 heteroatoms. The van der Waals surface area contributed by atoms with Crippen molar-refractivity contribution in [3.8, 4) is 0 Å². The van der Waals surface area contributed by atoms with Gasteiger partial charge in [-0.05, 0) is 36.8 Å². The normalized spacial score (nSPS) is 20.8. The number of hydrogen-bond donors (Lipinski definition) is 0. The molecule has 1 aromatic carbocycles. The van der Waals surface area contributed by atoms with E-state index in [1.165, 1.54) is 49.7 Å². The lowest BCUT2D eigenvalue weighted by Gasteiger charge is -2.36. The molecule has 0 aliphatic heterocycles. The Labute approximate surface area is 128 Å². The minimum atomic E-state index is -0.249. The Bertz CT molecular complexity index is 441. The number of benzene rings is 1. The van der Waals surface area contributed by atoms with Gasteiger partial charge in [0.15, 0.2) is 0 Å². The van der Waals surface area contributed by atoms with Crippen LogP contribution in [0.2, 0.25) is 0 Å². The van der Waals surface area contributed by atoms with E-state index in [0.717, 1.165) is 25.7 Å². The number of rotatable bonds is 9. The Hall–Kier alpha value is -1.31. The summed E-state index contributed by atoms with van der Waals surface area (Å²) >= 11 is 0. The van der Waals surface area contributed by atoms with Crippen molar-refractivity contribution in [2.45, 2.75) is 76.7 Å². The van der Waals surface area contributed by atoms with Gasteiger partial charge in [0.2, 0.25) is 0 Å². The molecule has 116 valence electrons. The molecule has 0 aromatic heterocycles. The maximum atomic E-state index is 10.9. The molecule has 0 N–H and O–H groups in total. The number of carbonyl (C=O) groups is 1. The maximum absolute atomic E-state index is 10.9. The largest absolute Gasteiger partial charge is 0.461 e. The van der Waals surface area contributed by atoms with E-state index in [4.69, 9.17) is 4.74 Å². The fraction of sp³-hybridized carbons (Fsp3) is 0.632. The van der Waals surface area contributed by atoms with Crippen LogP contribution in [-0.4, -0.2) is 12.1 Å². The summed E-state index contributed by atoms with van der Waals surface area (Å²) in [6.07, 6.45) is 11.6. The number of hydrogen-bond acceptors (Lipinski definition) is 2. The van der Waals surface area contributed by atoms with Crippen LogP contribution in [-0.2, 0) is 22.4 Å². The van der Waals surface area contributed by atoms with Gasteiger partial charge < -0.3 is 4.74 Å². The minimum absolute atomic E-state index is 0.249.